The number of allylic oxidation sites excluding steroid dienone is 1. The molecule has 1 fully saturated rings. The van der Waals surface area contributed by atoms with Gasteiger partial charge in [-0.1, -0.05) is 5.57 Å². The third kappa shape index (κ3) is 3.10. The summed E-state index contributed by atoms with van der Waals surface area (Å²) < 4.78 is 1.81. The van der Waals surface area contributed by atoms with E-state index in [0.29, 0.717) is 18.8 Å². The lowest BCUT2D eigenvalue weighted by Gasteiger charge is -2.32. The Hall–Kier alpha value is -2.04. The van der Waals surface area contributed by atoms with E-state index in [4.69, 9.17) is 5.11 Å². The minimum absolute atomic E-state index is 0.0504. The van der Waals surface area contributed by atoms with E-state index in [1.165, 1.54) is 0 Å². The maximum atomic E-state index is 11.9. The number of carbonyl (C=O) groups is 2. The maximum absolute atomic E-state index is 11.9. The Labute approximate surface area is 118 Å². The molecular weight excluding hydrogens is 256 g/mol. The van der Waals surface area contributed by atoms with Gasteiger partial charge < -0.3 is 14.6 Å². The Morgan fingerprint density at radius 2 is 1.95 bits per heavy atom. The van der Waals surface area contributed by atoms with Crippen LogP contribution in [0.2, 0.25) is 0 Å². The van der Waals surface area contributed by atoms with Gasteiger partial charge in [-0.2, -0.15) is 0 Å². The zero-order valence-electron chi connectivity index (χ0n) is 11.9. The van der Waals surface area contributed by atoms with Crippen LogP contribution in [0.3, 0.4) is 0 Å². The Morgan fingerprint density at radius 3 is 2.50 bits per heavy atom. The molecule has 1 aliphatic heterocycles. The van der Waals surface area contributed by atoms with Crippen molar-refractivity contribution in [1.29, 1.82) is 0 Å². The molecule has 5 heteroatoms. The van der Waals surface area contributed by atoms with Crippen LogP contribution in [0, 0.1) is 0 Å². The van der Waals surface area contributed by atoms with Crippen molar-refractivity contribution in [3.63, 3.8) is 0 Å². The summed E-state index contributed by atoms with van der Waals surface area (Å²) in [6, 6.07) is 3.53. The van der Waals surface area contributed by atoms with Crippen molar-refractivity contribution in [3.8, 4) is 0 Å². The summed E-state index contributed by atoms with van der Waals surface area (Å²) in [5.74, 6) is -0.854. The maximum Gasteiger partial charge on any atom is 0.352 e. The molecule has 1 aromatic rings. The van der Waals surface area contributed by atoms with Gasteiger partial charge in [-0.05, 0) is 38.8 Å². The highest BCUT2D eigenvalue weighted by Gasteiger charge is 2.24. The van der Waals surface area contributed by atoms with Crippen molar-refractivity contribution in [2.45, 2.75) is 32.7 Å². The fourth-order valence-corrected chi connectivity index (χ4v) is 2.60. The molecule has 0 unspecified atom stereocenters. The first kappa shape index (κ1) is 14.4. The van der Waals surface area contributed by atoms with Crippen molar-refractivity contribution in [2.24, 2.45) is 0 Å². The van der Waals surface area contributed by atoms with Crippen molar-refractivity contribution in [3.05, 3.63) is 35.7 Å². The molecule has 1 aliphatic rings. The molecule has 0 atom stereocenters. The molecule has 5 nitrogen and oxygen atoms in total. The molecule has 1 amide bonds. The number of hydrogen-bond acceptors (Lipinski definition) is 2. The fourth-order valence-electron chi connectivity index (χ4n) is 2.60. The minimum atomic E-state index is -0.905. The van der Waals surface area contributed by atoms with E-state index in [-0.39, 0.29) is 11.9 Å². The molecule has 0 spiro atoms. The molecule has 0 saturated carbocycles. The lowest BCUT2D eigenvalue weighted by Crippen LogP contribution is -2.38. The van der Waals surface area contributed by atoms with Crippen LogP contribution in [0.5, 0.6) is 0 Å². The van der Waals surface area contributed by atoms with Gasteiger partial charge in [0.25, 0.3) is 0 Å². The first-order chi connectivity index (χ1) is 9.49. The number of nitrogens with zero attached hydrogens (tertiary/aromatic N) is 2. The molecule has 2 heterocycles. The number of rotatable bonds is 3. The topological polar surface area (TPSA) is 62.5 Å². The molecule has 108 valence electrons. The highest BCUT2D eigenvalue weighted by atomic mass is 16.4. The van der Waals surface area contributed by atoms with E-state index < -0.39 is 5.97 Å². The van der Waals surface area contributed by atoms with Crippen molar-refractivity contribution < 1.29 is 14.7 Å². The first-order valence-electron chi connectivity index (χ1n) is 6.83. The second kappa shape index (κ2) is 5.94. The molecule has 2 rings (SSSR count). The summed E-state index contributed by atoms with van der Waals surface area (Å²) in [6.45, 7) is 5.16. The normalized spacial score (nSPS) is 16.0. The summed E-state index contributed by atoms with van der Waals surface area (Å²) in [5.41, 5.74) is 1.31. The SMILES string of the molecule is CC(C)=CC(=O)N1CCC(n2cccc2C(=O)O)CC1. The molecular formula is C15H20N2O3. The zero-order valence-corrected chi connectivity index (χ0v) is 11.9. The van der Waals surface area contributed by atoms with Crippen LogP contribution < -0.4 is 0 Å². The van der Waals surface area contributed by atoms with Gasteiger partial charge in [0.2, 0.25) is 5.91 Å². The summed E-state index contributed by atoms with van der Waals surface area (Å²) >= 11 is 0. The van der Waals surface area contributed by atoms with E-state index in [9.17, 15) is 9.59 Å². The second-order valence-electron chi connectivity index (χ2n) is 5.38. The van der Waals surface area contributed by atoms with Gasteiger partial charge >= 0.3 is 5.97 Å². The lowest BCUT2D eigenvalue weighted by atomic mass is 10.0. The van der Waals surface area contributed by atoms with Gasteiger partial charge in [0.15, 0.2) is 0 Å². The number of aromatic nitrogens is 1. The highest BCUT2D eigenvalue weighted by Crippen LogP contribution is 2.24. The van der Waals surface area contributed by atoms with Crippen molar-refractivity contribution >= 4 is 11.9 Å². The van der Waals surface area contributed by atoms with Crippen LogP contribution >= 0.6 is 0 Å². The zero-order chi connectivity index (χ0) is 14.7. The van der Waals surface area contributed by atoms with Gasteiger partial charge in [0.1, 0.15) is 5.69 Å². The third-order valence-electron chi connectivity index (χ3n) is 3.58. The van der Waals surface area contributed by atoms with E-state index in [2.05, 4.69) is 0 Å². The van der Waals surface area contributed by atoms with Gasteiger partial charge in [-0.3, -0.25) is 4.79 Å². The van der Waals surface area contributed by atoms with E-state index in [1.54, 1.807) is 18.2 Å². The number of carboxylic acids is 1. The summed E-state index contributed by atoms with van der Waals surface area (Å²) in [4.78, 5) is 24.9. The summed E-state index contributed by atoms with van der Waals surface area (Å²) in [7, 11) is 0. The predicted octanol–water partition coefficient (Wildman–Crippen LogP) is 2.32. The van der Waals surface area contributed by atoms with Crippen LogP contribution in [-0.2, 0) is 4.79 Å². The Morgan fingerprint density at radius 1 is 1.30 bits per heavy atom. The summed E-state index contributed by atoms with van der Waals surface area (Å²) in [6.07, 6.45) is 5.04. The van der Waals surface area contributed by atoms with Crippen LogP contribution in [0.4, 0.5) is 0 Å². The standard InChI is InChI=1S/C15H20N2O3/c1-11(2)10-14(18)16-8-5-12(6-9-16)17-7-3-4-13(17)15(19)20/h3-4,7,10,12H,5-6,8-9H2,1-2H3,(H,19,20). The van der Waals surface area contributed by atoms with Gasteiger partial charge in [0, 0.05) is 31.4 Å². The lowest BCUT2D eigenvalue weighted by molar-refractivity contribution is -0.127. The number of aromatic carboxylic acids is 1. The highest BCUT2D eigenvalue weighted by molar-refractivity contribution is 5.88. The first-order valence-corrected chi connectivity index (χ1v) is 6.83. The number of piperidine rings is 1. The molecule has 0 bridgehead atoms. The molecule has 20 heavy (non-hydrogen) atoms. The van der Waals surface area contributed by atoms with Crippen LogP contribution in [0.1, 0.15) is 43.2 Å². The Bertz CT molecular complexity index is 533. The second-order valence-corrected chi connectivity index (χ2v) is 5.38. The number of hydrogen-bond donors (Lipinski definition) is 1. The number of amides is 1. The quantitative estimate of drug-likeness (QED) is 0.862. The van der Waals surface area contributed by atoms with Gasteiger partial charge in [0.05, 0.1) is 0 Å². The monoisotopic (exact) mass is 276 g/mol. The molecule has 1 N–H and O–H groups in total. The Balaban J connectivity index is 2.01. The average molecular weight is 276 g/mol. The van der Waals surface area contributed by atoms with E-state index in [1.807, 2.05) is 29.5 Å². The van der Waals surface area contributed by atoms with Crippen molar-refractivity contribution in [2.75, 3.05) is 13.1 Å². The van der Waals surface area contributed by atoms with Crippen LogP contribution in [-0.4, -0.2) is 39.5 Å². The molecule has 0 radical (unpaired) electrons. The van der Waals surface area contributed by atoms with E-state index in [0.717, 1.165) is 18.4 Å². The van der Waals surface area contributed by atoms with Crippen LogP contribution in [0.25, 0.3) is 0 Å². The predicted molar refractivity (Wildman–Crippen MR) is 75.7 cm³/mol. The number of likely N-dealkylation sites (tertiary alicyclic amines) is 1. The third-order valence-corrected chi connectivity index (χ3v) is 3.58. The van der Waals surface area contributed by atoms with E-state index >= 15 is 0 Å². The largest absolute Gasteiger partial charge is 0.477 e. The average Bonchev–Trinajstić information content (AvgIpc) is 2.87. The van der Waals surface area contributed by atoms with Crippen molar-refractivity contribution in [1.82, 2.24) is 9.47 Å². The van der Waals surface area contributed by atoms with Crippen LogP contribution in [0.15, 0.2) is 30.0 Å². The van der Waals surface area contributed by atoms with Gasteiger partial charge in [-0.15, -0.1) is 0 Å². The molecule has 1 saturated heterocycles. The summed E-state index contributed by atoms with van der Waals surface area (Å²) in [5, 5.41) is 9.13. The molecule has 1 aromatic heterocycles. The fraction of sp³-hybridized carbons (Fsp3) is 0.467. The van der Waals surface area contributed by atoms with Gasteiger partial charge in [-0.25, -0.2) is 4.79 Å². The number of carbonyl (C=O) groups excluding carboxylic acids is 1. The molecule has 0 aromatic carbocycles. The smallest absolute Gasteiger partial charge is 0.352 e. The molecule has 0 aliphatic carbocycles. The minimum Gasteiger partial charge on any atom is -0.477 e. The Kier molecular flexibility index (Phi) is 4.27. The number of carboxylic acid groups (broad SMARTS) is 1.